The number of anilines is 1. The van der Waals surface area contributed by atoms with Crippen molar-refractivity contribution in [2.45, 2.75) is 38.9 Å². The fourth-order valence-corrected chi connectivity index (χ4v) is 3.25. The second kappa shape index (κ2) is 7.65. The average molecular weight is 372 g/mol. The van der Waals surface area contributed by atoms with Crippen molar-refractivity contribution < 1.29 is 27.9 Å². The fourth-order valence-electron chi connectivity index (χ4n) is 3.25. The van der Waals surface area contributed by atoms with Gasteiger partial charge in [-0.1, -0.05) is 32.0 Å². The van der Waals surface area contributed by atoms with Crippen molar-refractivity contribution in [3.8, 4) is 0 Å². The van der Waals surface area contributed by atoms with Gasteiger partial charge in [0.05, 0.1) is 17.9 Å². The lowest BCUT2D eigenvalue weighted by Gasteiger charge is -2.24. The zero-order valence-electron chi connectivity index (χ0n) is 14.9. The number of amides is 1. The van der Waals surface area contributed by atoms with Crippen molar-refractivity contribution in [2.75, 3.05) is 18.4 Å². The largest absolute Gasteiger partial charge is 0.481 e. The fraction of sp³-hybridized carbons (Fsp3) is 0.556. The van der Waals surface area contributed by atoms with Crippen molar-refractivity contribution in [2.24, 2.45) is 11.8 Å². The van der Waals surface area contributed by atoms with Crippen LogP contribution >= 0.6 is 0 Å². The van der Waals surface area contributed by atoms with Crippen molar-refractivity contribution >= 4 is 17.6 Å². The Morgan fingerprint density at radius 2 is 1.81 bits per heavy atom. The summed E-state index contributed by atoms with van der Waals surface area (Å²) in [6.07, 6.45) is -4.61. The van der Waals surface area contributed by atoms with Gasteiger partial charge in [-0.05, 0) is 24.5 Å². The second-order valence-electron chi connectivity index (χ2n) is 6.95. The van der Waals surface area contributed by atoms with Crippen molar-refractivity contribution in [1.29, 1.82) is 0 Å². The third-order valence-electron chi connectivity index (χ3n) is 4.85. The molecule has 26 heavy (non-hydrogen) atoms. The number of benzene rings is 1. The molecule has 0 bridgehead atoms. The number of carboxylic acids is 1. The van der Waals surface area contributed by atoms with E-state index in [0.717, 1.165) is 5.56 Å². The van der Waals surface area contributed by atoms with Crippen LogP contribution in [-0.2, 0) is 9.59 Å². The highest BCUT2D eigenvalue weighted by molar-refractivity contribution is 5.95. The third kappa shape index (κ3) is 4.35. The van der Waals surface area contributed by atoms with Gasteiger partial charge in [0.1, 0.15) is 0 Å². The molecule has 3 atom stereocenters. The van der Waals surface area contributed by atoms with Crippen LogP contribution in [0.5, 0.6) is 0 Å². The number of nitrogens with zero attached hydrogens (tertiary/aromatic N) is 1. The molecule has 144 valence electrons. The Morgan fingerprint density at radius 1 is 1.19 bits per heavy atom. The van der Waals surface area contributed by atoms with E-state index in [1.165, 1.54) is 11.8 Å². The molecule has 2 rings (SSSR count). The quantitative estimate of drug-likeness (QED) is 0.832. The predicted molar refractivity (Wildman–Crippen MR) is 90.9 cm³/mol. The molecule has 8 heteroatoms. The van der Waals surface area contributed by atoms with E-state index in [2.05, 4.69) is 5.32 Å². The van der Waals surface area contributed by atoms with E-state index in [1.54, 1.807) is 12.1 Å². The number of carbonyl (C=O) groups excluding carboxylic acids is 1. The van der Waals surface area contributed by atoms with E-state index in [1.807, 2.05) is 26.0 Å². The van der Waals surface area contributed by atoms with Crippen LogP contribution in [-0.4, -0.2) is 47.2 Å². The van der Waals surface area contributed by atoms with E-state index >= 15 is 0 Å². The minimum absolute atomic E-state index is 0.166. The standard InChI is InChI=1S/C18H23F3N2O3/c1-10(2)12-6-4-5-7-15(12)22-16(24)11(3)23-8-13(17(25)26)14(9-23)18(19,20)21/h4-7,10-11,13-14H,8-9H2,1-3H3,(H,22,24)(H,25,26)/t11?,13-,14-/m1/s1. The Bertz CT molecular complexity index is 676. The van der Waals surface area contributed by atoms with Gasteiger partial charge >= 0.3 is 12.1 Å². The molecule has 1 aliphatic rings. The van der Waals surface area contributed by atoms with Crippen LogP contribution in [0.4, 0.5) is 18.9 Å². The summed E-state index contributed by atoms with van der Waals surface area (Å²) in [5.41, 5.74) is 1.53. The molecule has 0 aromatic heterocycles. The number of para-hydroxylation sites is 1. The Balaban J connectivity index is 2.13. The average Bonchev–Trinajstić information content (AvgIpc) is 3.00. The van der Waals surface area contributed by atoms with E-state index in [4.69, 9.17) is 5.11 Å². The first-order chi connectivity index (χ1) is 12.0. The molecule has 0 spiro atoms. The molecule has 0 radical (unpaired) electrons. The second-order valence-corrected chi connectivity index (χ2v) is 6.95. The maximum atomic E-state index is 13.1. The SMILES string of the molecule is CC(C)c1ccccc1NC(=O)C(C)N1C[C@@H](C(F)(F)F)[C@H](C(=O)O)C1. The summed E-state index contributed by atoms with van der Waals surface area (Å²) < 4.78 is 39.3. The van der Waals surface area contributed by atoms with E-state index < -0.39 is 42.5 Å². The summed E-state index contributed by atoms with van der Waals surface area (Å²) in [6, 6.07) is 6.36. The summed E-state index contributed by atoms with van der Waals surface area (Å²) in [5, 5.41) is 11.8. The van der Waals surface area contributed by atoms with Crippen LogP contribution in [0.15, 0.2) is 24.3 Å². The molecule has 1 amide bonds. The number of aliphatic carboxylic acids is 1. The molecule has 1 aromatic carbocycles. The highest BCUT2D eigenvalue weighted by atomic mass is 19.4. The van der Waals surface area contributed by atoms with E-state index in [-0.39, 0.29) is 12.5 Å². The molecule has 1 saturated heterocycles. The Kier molecular flexibility index (Phi) is 5.95. The molecule has 5 nitrogen and oxygen atoms in total. The molecule has 1 heterocycles. The van der Waals surface area contributed by atoms with E-state index in [0.29, 0.717) is 5.69 Å². The van der Waals surface area contributed by atoms with Crippen LogP contribution in [0.1, 0.15) is 32.3 Å². The number of carboxylic acid groups (broad SMARTS) is 1. The Hall–Kier alpha value is -2.09. The molecular formula is C18H23F3N2O3. The van der Waals surface area contributed by atoms with Crippen LogP contribution in [0.25, 0.3) is 0 Å². The number of carbonyl (C=O) groups is 2. The highest BCUT2D eigenvalue weighted by Gasteiger charge is 2.53. The van der Waals surface area contributed by atoms with Gasteiger partial charge in [0, 0.05) is 18.8 Å². The smallest absolute Gasteiger partial charge is 0.393 e. The van der Waals surface area contributed by atoms with Gasteiger partial charge < -0.3 is 10.4 Å². The van der Waals surface area contributed by atoms with Crippen molar-refractivity contribution in [3.05, 3.63) is 29.8 Å². The number of halogens is 3. The van der Waals surface area contributed by atoms with Crippen molar-refractivity contribution in [3.63, 3.8) is 0 Å². The van der Waals surface area contributed by atoms with Gasteiger partial charge in [0.25, 0.3) is 0 Å². The zero-order chi connectivity index (χ0) is 19.6. The summed E-state index contributed by atoms with van der Waals surface area (Å²) >= 11 is 0. The Morgan fingerprint density at radius 3 is 2.31 bits per heavy atom. The van der Waals surface area contributed by atoms with Crippen LogP contribution < -0.4 is 5.32 Å². The van der Waals surface area contributed by atoms with Crippen molar-refractivity contribution in [1.82, 2.24) is 4.90 Å². The highest BCUT2D eigenvalue weighted by Crippen LogP contribution is 2.38. The molecule has 1 aromatic rings. The van der Waals surface area contributed by atoms with Crippen LogP contribution in [0, 0.1) is 11.8 Å². The lowest BCUT2D eigenvalue weighted by Crippen LogP contribution is -2.41. The first-order valence-electron chi connectivity index (χ1n) is 8.45. The molecule has 1 unspecified atom stereocenters. The maximum Gasteiger partial charge on any atom is 0.393 e. The Labute approximate surface area is 150 Å². The number of alkyl halides is 3. The molecular weight excluding hydrogens is 349 g/mol. The molecule has 0 aliphatic carbocycles. The normalized spacial score (nSPS) is 22.4. The molecule has 0 saturated carbocycles. The van der Waals surface area contributed by atoms with Gasteiger partial charge in [0.15, 0.2) is 0 Å². The molecule has 1 fully saturated rings. The first-order valence-corrected chi connectivity index (χ1v) is 8.45. The van der Waals surface area contributed by atoms with Gasteiger partial charge in [-0.2, -0.15) is 13.2 Å². The number of rotatable bonds is 5. The summed E-state index contributed by atoms with van der Waals surface area (Å²) in [5.74, 6) is -5.32. The summed E-state index contributed by atoms with van der Waals surface area (Å²) in [4.78, 5) is 25.0. The maximum absolute atomic E-state index is 13.1. The summed E-state index contributed by atoms with van der Waals surface area (Å²) in [7, 11) is 0. The lowest BCUT2D eigenvalue weighted by molar-refractivity contribution is -0.188. The monoisotopic (exact) mass is 372 g/mol. The predicted octanol–water partition coefficient (Wildman–Crippen LogP) is 3.33. The van der Waals surface area contributed by atoms with Crippen LogP contribution in [0.3, 0.4) is 0 Å². The van der Waals surface area contributed by atoms with Gasteiger partial charge in [-0.25, -0.2) is 0 Å². The van der Waals surface area contributed by atoms with E-state index in [9.17, 15) is 22.8 Å². The zero-order valence-corrected chi connectivity index (χ0v) is 14.9. The number of nitrogens with one attached hydrogen (secondary N) is 1. The molecule has 1 aliphatic heterocycles. The van der Waals surface area contributed by atoms with Gasteiger partial charge in [0.2, 0.25) is 5.91 Å². The lowest BCUT2D eigenvalue weighted by atomic mass is 9.96. The summed E-state index contributed by atoms with van der Waals surface area (Å²) in [6.45, 7) is 4.63. The minimum atomic E-state index is -4.61. The van der Waals surface area contributed by atoms with Gasteiger partial charge in [-0.15, -0.1) is 0 Å². The number of hydrogen-bond donors (Lipinski definition) is 2. The first kappa shape index (κ1) is 20.2. The molecule has 2 N–H and O–H groups in total. The number of likely N-dealkylation sites (tertiary alicyclic amines) is 1. The minimum Gasteiger partial charge on any atom is -0.481 e. The number of hydrogen-bond acceptors (Lipinski definition) is 3. The van der Waals surface area contributed by atoms with Gasteiger partial charge in [-0.3, -0.25) is 14.5 Å². The third-order valence-corrected chi connectivity index (χ3v) is 4.85. The van der Waals surface area contributed by atoms with Crippen LogP contribution in [0.2, 0.25) is 0 Å². The topological polar surface area (TPSA) is 69.6 Å².